The smallest absolute Gasteiger partial charge is 0.183 e. The van der Waals surface area contributed by atoms with Crippen molar-refractivity contribution in [2.75, 3.05) is 6.54 Å². The molecule has 3 aromatic heterocycles. The standard InChI is InChI=1S/C15H18N6O/c1-10-8-11(2)19-15-13(10)14(20-21(15)6-5-18-16)17-9-12-4-3-7-22-12/h3-4,7-9,18H,5-6,16H2,1-2H3. The Balaban J connectivity index is 2.09. The zero-order valence-electron chi connectivity index (χ0n) is 12.6. The molecule has 22 heavy (non-hydrogen) atoms. The molecule has 0 unspecified atom stereocenters. The Bertz CT molecular complexity index is 803. The molecule has 7 heteroatoms. The second-order valence-electron chi connectivity index (χ2n) is 5.05. The van der Waals surface area contributed by atoms with E-state index in [1.807, 2.05) is 36.7 Å². The SMILES string of the molecule is Cc1cc(C)c2c(N=Cc3ccco3)nn(CCNN)c2n1. The van der Waals surface area contributed by atoms with Crippen LogP contribution in [-0.2, 0) is 6.54 Å². The number of aliphatic imine (C=N–C) groups is 1. The lowest BCUT2D eigenvalue weighted by Gasteiger charge is -2.03. The van der Waals surface area contributed by atoms with E-state index >= 15 is 0 Å². The van der Waals surface area contributed by atoms with Gasteiger partial charge in [0.1, 0.15) is 5.76 Å². The van der Waals surface area contributed by atoms with Crippen molar-refractivity contribution < 1.29 is 4.42 Å². The molecule has 7 nitrogen and oxygen atoms in total. The Kier molecular flexibility index (Phi) is 3.99. The van der Waals surface area contributed by atoms with E-state index in [-0.39, 0.29) is 0 Å². The van der Waals surface area contributed by atoms with Crippen LogP contribution in [0, 0.1) is 13.8 Å². The van der Waals surface area contributed by atoms with Crippen molar-refractivity contribution in [3.05, 3.63) is 41.5 Å². The molecule has 3 aromatic rings. The minimum atomic E-state index is 0.604. The summed E-state index contributed by atoms with van der Waals surface area (Å²) < 4.78 is 7.09. The van der Waals surface area contributed by atoms with Crippen LogP contribution in [-0.4, -0.2) is 27.5 Å². The molecular weight excluding hydrogens is 280 g/mol. The minimum absolute atomic E-state index is 0.604. The van der Waals surface area contributed by atoms with Crippen LogP contribution in [0.3, 0.4) is 0 Å². The summed E-state index contributed by atoms with van der Waals surface area (Å²) >= 11 is 0. The number of hydrogen-bond donors (Lipinski definition) is 2. The highest BCUT2D eigenvalue weighted by atomic mass is 16.3. The molecule has 3 heterocycles. The summed E-state index contributed by atoms with van der Waals surface area (Å²) in [6, 6.07) is 5.69. The van der Waals surface area contributed by atoms with Gasteiger partial charge in [0.05, 0.1) is 24.4 Å². The fourth-order valence-corrected chi connectivity index (χ4v) is 2.40. The number of nitrogens with two attached hydrogens (primary N) is 1. The first-order valence-electron chi connectivity index (χ1n) is 7.05. The fourth-order valence-electron chi connectivity index (χ4n) is 2.40. The first-order chi connectivity index (χ1) is 10.7. The molecule has 3 rings (SSSR count). The van der Waals surface area contributed by atoms with Gasteiger partial charge in [0, 0.05) is 12.2 Å². The molecule has 0 amide bonds. The van der Waals surface area contributed by atoms with Gasteiger partial charge in [-0.1, -0.05) is 0 Å². The Morgan fingerprint density at radius 3 is 3.05 bits per heavy atom. The van der Waals surface area contributed by atoms with Crippen LogP contribution in [0.25, 0.3) is 11.0 Å². The van der Waals surface area contributed by atoms with Gasteiger partial charge in [-0.05, 0) is 37.6 Å². The van der Waals surface area contributed by atoms with E-state index in [1.165, 1.54) is 0 Å². The van der Waals surface area contributed by atoms with Crippen LogP contribution in [0.1, 0.15) is 17.0 Å². The Morgan fingerprint density at radius 2 is 2.32 bits per heavy atom. The number of fused-ring (bicyclic) bond motifs is 1. The molecule has 3 N–H and O–H groups in total. The summed E-state index contributed by atoms with van der Waals surface area (Å²) in [7, 11) is 0. The highest BCUT2D eigenvalue weighted by Gasteiger charge is 2.14. The summed E-state index contributed by atoms with van der Waals surface area (Å²) in [6.45, 7) is 5.23. The molecular formula is C15H18N6O. The number of furan rings is 1. The number of rotatable bonds is 5. The minimum Gasteiger partial charge on any atom is -0.463 e. The van der Waals surface area contributed by atoms with Gasteiger partial charge in [-0.2, -0.15) is 5.10 Å². The number of pyridine rings is 1. The van der Waals surface area contributed by atoms with Gasteiger partial charge in [-0.15, -0.1) is 0 Å². The Labute approximate surface area is 127 Å². The normalized spacial score (nSPS) is 11.8. The third-order valence-corrected chi connectivity index (χ3v) is 3.33. The summed E-state index contributed by atoms with van der Waals surface area (Å²) in [5.41, 5.74) is 5.50. The van der Waals surface area contributed by atoms with Gasteiger partial charge in [0.25, 0.3) is 0 Å². The van der Waals surface area contributed by atoms with E-state index in [1.54, 1.807) is 12.5 Å². The van der Waals surface area contributed by atoms with Crippen molar-refractivity contribution in [1.29, 1.82) is 0 Å². The van der Waals surface area contributed by atoms with Gasteiger partial charge in [0.15, 0.2) is 11.5 Å². The number of hydrogen-bond acceptors (Lipinski definition) is 6. The maximum absolute atomic E-state index is 5.36. The van der Waals surface area contributed by atoms with Crippen molar-refractivity contribution >= 4 is 23.1 Å². The van der Waals surface area contributed by atoms with Crippen LogP contribution >= 0.6 is 0 Å². The van der Waals surface area contributed by atoms with Crippen molar-refractivity contribution in [1.82, 2.24) is 20.2 Å². The second kappa shape index (κ2) is 6.08. The van der Waals surface area contributed by atoms with E-state index in [0.717, 1.165) is 22.3 Å². The van der Waals surface area contributed by atoms with E-state index in [4.69, 9.17) is 10.3 Å². The largest absolute Gasteiger partial charge is 0.463 e. The molecule has 0 aliphatic heterocycles. The Hall–Kier alpha value is -2.51. The lowest BCUT2D eigenvalue weighted by molar-refractivity contribution is 0.560. The van der Waals surface area contributed by atoms with Gasteiger partial charge in [-0.25, -0.2) is 14.7 Å². The molecule has 0 spiro atoms. The van der Waals surface area contributed by atoms with Crippen molar-refractivity contribution in [3.8, 4) is 0 Å². The summed E-state index contributed by atoms with van der Waals surface area (Å²) in [5.74, 6) is 6.67. The molecule has 0 bridgehead atoms. The predicted octanol–water partition coefficient (Wildman–Crippen LogP) is 1.86. The van der Waals surface area contributed by atoms with Gasteiger partial charge < -0.3 is 4.42 Å². The van der Waals surface area contributed by atoms with E-state index in [9.17, 15) is 0 Å². The number of aryl methyl sites for hydroxylation is 2. The first kappa shape index (κ1) is 14.4. The molecule has 0 saturated carbocycles. The highest BCUT2D eigenvalue weighted by molar-refractivity contribution is 5.92. The predicted molar refractivity (Wildman–Crippen MR) is 85.2 cm³/mol. The lowest BCUT2D eigenvalue weighted by atomic mass is 10.2. The van der Waals surface area contributed by atoms with Crippen molar-refractivity contribution in [2.45, 2.75) is 20.4 Å². The zero-order chi connectivity index (χ0) is 15.5. The summed E-state index contributed by atoms with van der Waals surface area (Å²) in [5, 5.41) is 5.50. The quantitative estimate of drug-likeness (QED) is 0.426. The molecule has 0 aromatic carbocycles. The molecule has 0 aliphatic carbocycles. The third kappa shape index (κ3) is 2.76. The molecule has 0 atom stereocenters. The molecule has 0 saturated heterocycles. The summed E-state index contributed by atoms with van der Waals surface area (Å²) in [6.07, 6.45) is 3.27. The van der Waals surface area contributed by atoms with Crippen LogP contribution in [0.4, 0.5) is 5.82 Å². The number of hydrazine groups is 1. The average molecular weight is 298 g/mol. The van der Waals surface area contributed by atoms with Gasteiger partial charge >= 0.3 is 0 Å². The van der Waals surface area contributed by atoms with E-state index in [0.29, 0.717) is 24.7 Å². The molecule has 0 aliphatic rings. The summed E-state index contributed by atoms with van der Waals surface area (Å²) in [4.78, 5) is 9.04. The fraction of sp³-hybridized carbons (Fsp3) is 0.267. The van der Waals surface area contributed by atoms with E-state index in [2.05, 4.69) is 20.5 Å². The maximum Gasteiger partial charge on any atom is 0.183 e. The number of aromatic nitrogens is 3. The number of nitrogens with one attached hydrogen (secondary N) is 1. The van der Waals surface area contributed by atoms with Crippen LogP contribution in [0.15, 0.2) is 33.9 Å². The van der Waals surface area contributed by atoms with Crippen molar-refractivity contribution in [3.63, 3.8) is 0 Å². The van der Waals surface area contributed by atoms with Crippen molar-refractivity contribution in [2.24, 2.45) is 10.8 Å². The lowest BCUT2D eigenvalue weighted by Crippen LogP contribution is -2.26. The zero-order valence-corrected chi connectivity index (χ0v) is 12.6. The first-order valence-corrected chi connectivity index (χ1v) is 7.05. The monoisotopic (exact) mass is 298 g/mol. The Morgan fingerprint density at radius 1 is 1.45 bits per heavy atom. The average Bonchev–Trinajstić information content (AvgIpc) is 3.10. The maximum atomic E-state index is 5.36. The van der Waals surface area contributed by atoms with Crippen LogP contribution in [0.2, 0.25) is 0 Å². The second-order valence-corrected chi connectivity index (χ2v) is 5.05. The third-order valence-electron chi connectivity index (χ3n) is 3.33. The molecule has 0 fully saturated rings. The number of nitrogens with zero attached hydrogens (tertiary/aromatic N) is 4. The van der Waals surface area contributed by atoms with Crippen LogP contribution in [0.5, 0.6) is 0 Å². The van der Waals surface area contributed by atoms with Crippen LogP contribution < -0.4 is 11.3 Å². The van der Waals surface area contributed by atoms with Gasteiger partial charge in [0.2, 0.25) is 0 Å². The van der Waals surface area contributed by atoms with E-state index < -0.39 is 0 Å². The topological polar surface area (TPSA) is 94.3 Å². The molecule has 0 radical (unpaired) electrons. The molecule has 114 valence electrons. The van der Waals surface area contributed by atoms with Gasteiger partial charge in [-0.3, -0.25) is 11.3 Å². The highest BCUT2D eigenvalue weighted by Crippen LogP contribution is 2.27.